The average molecular weight is 386 g/mol. The summed E-state index contributed by atoms with van der Waals surface area (Å²) in [4.78, 5) is 12.7. The van der Waals surface area contributed by atoms with Gasteiger partial charge in [0, 0.05) is 30.1 Å². The summed E-state index contributed by atoms with van der Waals surface area (Å²) in [7, 11) is 0. The number of hydrogen-bond donors (Lipinski definition) is 3. The first-order valence-corrected chi connectivity index (χ1v) is 9.17. The fourth-order valence-electron chi connectivity index (χ4n) is 3.15. The van der Waals surface area contributed by atoms with Gasteiger partial charge in [0.05, 0.1) is 6.61 Å². The van der Waals surface area contributed by atoms with Gasteiger partial charge in [0.15, 0.2) is 0 Å². The second-order valence-corrected chi connectivity index (χ2v) is 6.30. The van der Waals surface area contributed by atoms with Crippen LogP contribution in [0.1, 0.15) is 22.8 Å². The number of ether oxygens (including phenoxy) is 1. The third-order valence-electron chi connectivity index (χ3n) is 4.34. The Morgan fingerprint density at radius 3 is 2.68 bits per heavy atom. The van der Waals surface area contributed by atoms with Gasteiger partial charge in [-0.3, -0.25) is 0 Å². The molecule has 0 spiro atoms. The highest BCUT2D eigenvalue weighted by atomic mass is 19.1. The Kier molecular flexibility index (Phi) is 6.28. The van der Waals surface area contributed by atoms with Gasteiger partial charge < -0.3 is 25.3 Å². The molecule has 0 aliphatic heterocycles. The maximum Gasteiger partial charge on any atom is 0.342 e. The maximum absolute atomic E-state index is 13.3. The molecule has 0 saturated carbocycles. The lowest BCUT2D eigenvalue weighted by Gasteiger charge is -2.08. The fraction of sp³-hybridized carbons (Fsp3) is 0.286. The molecule has 2 aromatic carbocycles. The minimum atomic E-state index is -0.526. The van der Waals surface area contributed by atoms with Crippen LogP contribution >= 0.6 is 0 Å². The van der Waals surface area contributed by atoms with Crippen LogP contribution in [0.2, 0.25) is 0 Å². The lowest BCUT2D eigenvalue weighted by atomic mass is 9.99. The molecule has 0 saturated heterocycles. The van der Waals surface area contributed by atoms with Gasteiger partial charge in [-0.15, -0.1) is 0 Å². The Labute approximate surface area is 162 Å². The van der Waals surface area contributed by atoms with Crippen molar-refractivity contribution in [2.75, 3.05) is 26.2 Å². The molecule has 3 rings (SSSR count). The summed E-state index contributed by atoms with van der Waals surface area (Å²) in [5.74, 6) is -0.587. The van der Waals surface area contributed by atoms with Gasteiger partial charge in [-0.25, -0.2) is 9.18 Å². The predicted molar refractivity (Wildman–Crippen MR) is 105 cm³/mol. The molecule has 7 heteroatoms. The van der Waals surface area contributed by atoms with Crippen LogP contribution in [0.5, 0.6) is 5.75 Å². The molecule has 1 aromatic heterocycles. The summed E-state index contributed by atoms with van der Waals surface area (Å²) < 4.78 is 24.5. The van der Waals surface area contributed by atoms with Gasteiger partial charge in [0.25, 0.3) is 0 Å². The van der Waals surface area contributed by atoms with Gasteiger partial charge >= 0.3 is 5.97 Å². The molecular weight excluding hydrogens is 363 g/mol. The van der Waals surface area contributed by atoms with Crippen molar-refractivity contribution in [3.05, 3.63) is 53.3 Å². The van der Waals surface area contributed by atoms with Crippen LogP contribution in [-0.4, -0.2) is 37.3 Å². The number of phenolic OH excluding ortho intramolecular Hbond substituents is 1. The number of halogens is 1. The minimum absolute atomic E-state index is 0.0381. The largest absolute Gasteiger partial charge is 0.508 e. The van der Waals surface area contributed by atoms with E-state index in [4.69, 9.17) is 14.9 Å². The standard InChI is InChI=1S/C21H23FN2O4/c1-2-27-21(26)19-18-14(7-9-24-10-8-23)11-16(25)12-17(18)28-20(19)13-3-5-15(22)6-4-13/h3-6,11-12,24-25H,2,7-10,23H2,1H3. The topological polar surface area (TPSA) is 97.7 Å². The van der Waals surface area contributed by atoms with Crippen LogP contribution in [0, 0.1) is 5.82 Å². The number of carbonyl (C=O) groups is 1. The molecule has 0 fully saturated rings. The first-order chi connectivity index (χ1) is 13.5. The fourth-order valence-corrected chi connectivity index (χ4v) is 3.15. The van der Waals surface area contributed by atoms with Crippen molar-refractivity contribution < 1.29 is 23.4 Å². The summed E-state index contributed by atoms with van der Waals surface area (Å²) in [6, 6.07) is 8.75. The monoisotopic (exact) mass is 386 g/mol. The lowest BCUT2D eigenvalue weighted by Crippen LogP contribution is -2.24. The molecule has 148 valence electrons. The molecule has 0 aliphatic carbocycles. The Morgan fingerprint density at radius 1 is 1.25 bits per heavy atom. The second kappa shape index (κ2) is 8.86. The van der Waals surface area contributed by atoms with Crippen LogP contribution in [-0.2, 0) is 11.2 Å². The summed E-state index contributed by atoms with van der Waals surface area (Å²) in [6.07, 6.45) is 0.555. The zero-order valence-corrected chi connectivity index (χ0v) is 15.6. The van der Waals surface area contributed by atoms with E-state index in [0.29, 0.717) is 42.6 Å². The number of phenols is 1. The molecule has 0 bridgehead atoms. The third-order valence-corrected chi connectivity index (χ3v) is 4.34. The van der Waals surface area contributed by atoms with E-state index in [-0.39, 0.29) is 29.5 Å². The van der Waals surface area contributed by atoms with Crippen LogP contribution in [0.4, 0.5) is 4.39 Å². The second-order valence-electron chi connectivity index (χ2n) is 6.30. The minimum Gasteiger partial charge on any atom is -0.508 e. The van der Waals surface area contributed by atoms with E-state index in [1.807, 2.05) is 0 Å². The van der Waals surface area contributed by atoms with Crippen molar-refractivity contribution in [3.63, 3.8) is 0 Å². The molecule has 3 aromatic rings. The summed E-state index contributed by atoms with van der Waals surface area (Å²) in [5.41, 5.74) is 7.44. The number of nitrogens with two attached hydrogens (primary N) is 1. The zero-order chi connectivity index (χ0) is 20.1. The van der Waals surface area contributed by atoms with Crippen molar-refractivity contribution in [1.29, 1.82) is 0 Å². The van der Waals surface area contributed by atoms with E-state index < -0.39 is 5.97 Å². The van der Waals surface area contributed by atoms with Crippen LogP contribution < -0.4 is 11.1 Å². The van der Waals surface area contributed by atoms with Crippen LogP contribution in [0.25, 0.3) is 22.3 Å². The number of fused-ring (bicyclic) bond motifs is 1. The number of rotatable bonds is 8. The van der Waals surface area contributed by atoms with Crippen LogP contribution in [0.3, 0.4) is 0 Å². The number of benzene rings is 2. The van der Waals surface area contributed by atoms with E-state index in [1.54, 1.807) is 13.0 Å². The van der Waals surface area contributed by atoms with Crippen molar-refractivity contribution >= 4 is 16.9 Å². The summed E-state index contributed by atoms with van der Waals surface area (Å²) >= 11 is 0. The van der Waals surface area contributed by atoms with Gasteiger partial charge in [-0.2, -0.15) is 0 Å². The predicted octanol–water partition coefficient (Wildman–Crippen LogP) is 3.21. The smallest absolute Gasteiger partial charge is 0.342 e. The lowest BCUT2D eigenvalue weighted by molar-refractivity contribution is 0.0528. The molecule has 0 atom stereocenters. The first kappa shape index (κ1) is 19.9. The van der Waals surface area contributed by atoms with E-state index in [2.05, 4.69) is 5.32 Å². The van der Waals surface area contributed by atoms with E-state index in [1.165, 1.54) is 30.3 Å². The number of carbonyl (C=O) groups excluding carboxylic acids is 1. The number of aromatic hydroxyl groups is 1. The van der Waals surface area contributed by atoms with E-state index >= 15 is 0 Å². The molecule has 28 heavy (non-hydrogen) atoms. The Hall–Kier alpha value is -2.90. The number of nitrogens with one attached hydrogen (secondary N) is 1. The van der Waals surface area contributed by atoms with E-state index in [9.17, 15) is 14.3 Å². The Balaban J connectivity index is 2.16. The molecule has 6 nitrogen and oxygen atoms in total. The molecule has 0 radical (unpaired) electrons. The average Bonchev–Trinajstić information content (AvgIpc) is 3.05. The number of furan rings is 1. The maximum atomic E-state index is 13.3. The van der Waals surface area contributed by atoms with Crippen molar-refractivity contribution in [2.45, 2.75) is 13.3 Å². The van der Waals surface area contributed by atoms with Gasteiger partial charge in [-0.1, -0.05) is 0 Å². The highest BCUT2D eigenvalue weighted by molar-refractivity contribution is 6.10. The molecule has 0 unspecified atom stereocenters. The third kappa shape index (κ3) is 4.16. The van der Waals surface area contributed by atoms with Gasteiger partial charge in [0.1, 0.15) is 28.5 Å². The highest BCUT2D eigenvalue weighted by Gasteiger charge is 2.26. The first-order valence-electron chi connectivity index (χ1n) is 9.17. The summed E-state index contributed by atoms with van der Waals surface area (Å²) in [5, 5.41) is 13.9. The van der Waals surface area contributed by atoms with E-state index in [0.717, 1.165) is 5.56 Å². The zero-order valence-electron chi connectivity index (χ0n) is 15.6. The summed E-state index contributed by atoms with van der Waals surface area (Å²) in [6.45, 7) is 3.74. The number of hydrogen-bond acceptors (Lipinski definition) is 6. The SMILES string of the molecule is CCOC(=O)c1c(-c2ccc(F)cc2)oc2cc(O)cc(CCNCCN)c12. The number of esters is 1. The normalized spacial score (nSPS) is 11.1. The highest BCUT2D eigenvalue weighted by Crippen LogP contribution is 2.38. The molecule has 0 amide bonds. The van der Waals surface area contributed by atoms with Crippen molar-refractivity contribution in [1.82, 2.24) is 5.32 Å². The Bertz CT molecular complexity index is 967. The molecule has 0 aliphatic rings. The quantitative estimate of drug-likeness (QED) is 0.406. The van der Waals surface area contributed by atoms with Crippen molar-refractivity contribution in [2.24, 2.45) is 5.73 Å². The molecule has 4 N–H and O–H groups in total. The molecule has 1 heterocycles. The van der Waals surface area contributed by atoms with Crippen LogP contribution in [0.15, 0.2) is 40.8 Å². The van der Waals surface area contributed by atoms with Gasteiger partial charge in [0.2, 0.25) is 0 Å². The van der Waals surface area contributed by atoms with Crippen molar-refractivity contribution in [3.8, 4) is 17.1 Å². The molecular formula is C21H23FN2O4. The van der Waals surface area contributed by atoms with Gasteiger partial charge in [-0.05, 0) is 55.8 Å². The Morgan fingerprint density at radius 2 is 2.00 bits per heavy atom.